The summed E-state index contributed by atoms with van der Waals surface area (Å²) in [6.07, 6.45) is 2.09. The molecule has 0 radical (unpaired) electrons. The van der Waals surface area contributed by atoms with Crippen LogP contribution in [-0.2, 0) is 0 Å². The molecule has 8 heavy (non-hydrogen) atoms. The SMILES string of the molecule is C=C[CH](C)[Sn]([CH3])([CH3])[CH3]. The fourth-order valence-electron chi connectivity index (χ4n) is 0.354. The first kappa shape index (κ1) is 8.54. The molecule has 0 amide bonds. The summed E-state index contributed by atoms with van der Waals surface area (Å²) in [6.45, 7) is 6.06. The van der Waals surface area contributed by atoms with Crippen molar-refractivity contribution in [2.75, 3.05) is 0 Å². The summed E-state index contributed by atoms with van der Waals surface area (Å²) in [5.41, 5.74) is 0. The Kier molecular flexibility index (Phi) is 3.10. The Morgan fingerprint density at radius 2 is 1.75 bits per heavy atom. The van der Waals surface area contributed by atoms with Crippen molar-refractivity contribution in [3.05, 3.63) is 12.7 Å². The third-order valence-electron chi connectivity index (χ3n) is 1.72. The van der Waals surface area contributed by atoms with Crippen LogP contribution in [0.2, 0.25) is 18.8 Å². The first-order chi connectivity index (χ1) is 3.48. The fraction of sp³-hybridized carbons (Fsp3) is 0.714. The van der Waals surface area contributed by atoms with Crippen molar-refractivity contribution in [2.45, 2.75) is 25.7 Å². The Balaban J connectivity index is 3.80. The molecule has 0 heterocycles. The van der Waals surface area contributed by atoms with Crippen molar-refractivity contribution < 1.29 is 0 Å². The van der Waals surface area contributed by atoms with Crippen LogP contribution in [0.15, 0.2) is 12.7 Å². The van der Waals surface area contributed by atoms with E-state index < -0.39 is 18.4 Å². The van der Waals surface area contributed by atoms with Gasteiger partial charge in [-0.25, -0.2) is 0 Å². The van der Waals surface area contributed by atoms with Crippen molar-refractivity contribution in [1.29, 1.82) is 0 Å². The van der Waals surface area contributed by atoms with Crippen molar-refractivity contribution >= 4 is 18.4 Å². The van der Waals surface area contributed by atoms with Crippen LogP contribution in [0.3, 0.4) is 0 Å². The monoisotopic (exact) mass is 220 g/mol. The summed E-state index contributed by atoms with van der Waals surface area (Å²) in [6, 6.07) is 0. The average Bonchev–Trinajstić information content (AvgIpc) is 1.62. The molecule has 0 aliphatic carbocycles. The molecule has 1 atom stereocenters. The molecule has 0 fully saturated rings. The van der Waals surface area contributed by atoms with Gasteiger partial charge < -0.3 is 0 Å². The average molecular weight is 219 g/mol. The van der Waals surface area contributed by atoms with Gasteiger partial charge in [0.25, 0.3) is 0 Å². The van der Waals surface area contributed by atoms with E-state index in [0.29, 0.717) is 0 Å². The Bertz CT molecular complexity index is 78.9. The number of hydrogen-bond acceptors (Lipinski definition) is 0. The maximum absolute atomic E-state index is 3.78. The molecule has 1 unspecified atom stereocenters. The van der Waals surface area contributed by atoms with Crippen LogP contribution in [-0.4, -0.2) is 18.4 Å². The number of hydrogen-bond donors (Lipinski definition) is 0. The maximum atomic E-state index is 3.78. The third kappa shape index (κ3) is 2.75. The minimum atomic E-state index is -1.53. The second-order valence-corrected chi connectivity index (χ2v) is 19.5. The van der Waals surface area contributed by atoms with Crippen LogP contribution in [0.4, 0.5) is 0 Å². The first-order valence-electron chi connectivity index (χ1n) is 3.11. The summed E-state index contributed by atoms with van der Waals surface area (Å²) < 4.78 is 0.823. The summed E-state index contributed by atoms with van der Waals surface area (Å²) in [4.78, 5) is 7.29. The normalized spacial score (nSPS) is 15.5. The second-order valence-electron chi connectivity index (χ2n) is 3.39. The van der Waals surface area contributed by atoms with Gasteiger partial charge in [0, 0.05) is 0 Å². The Labute approximate surface area is 56.9 Å². The third-order valence-corrected chi connectivity index (χ3v) is 10.2. The van der Waals surface area contributed by atoms with Crippen molar-refractivity contribution in [2.24, 2.45) is 0 Å². The topological polar surface area (TPSA) is 0 Å². The molecular weight excluding hydrogens is 203 g/mol. The van der Waals surface area contributed by atoms with Gasteiger partial charge in [-0.2, -0.15) is 0 Å². The summed E-state index contributed by atoms with van der Waals surface area (Å²) in [7, 11) is 0. The molecule has 0 rings (SSSR count). The minimum absolute atomic E-state index is 0.823. The zero-order valence-electron chi connectivity index (χ0n) is 6.36. The molecule has 0 aromatic rings. The van der Waals surface area contributed by atoms with Gasteiger partial charge in [0.15, 0.2) is 0 Å². The molecule has 0 N–H and O–H groups in total. The Morgan fingerprint density at radius 1 is 1.38 bits per heavy atom. The quantitative estimate of drug-likeness (QED) is 0.494. The molecule has 0 aromatic carbocycles. The van der Waals surface area contributed by atoms with Gasteiger partial charge in [-0.15, -0.1) is 0 Å². The molecule has 0 aliphatic heterocycles. The van der Waals surface area contributed by atoms with Gasteiger partial charge in [-0.1, -0.05) is 0 Å². The van der Waals surface area contributed by atoms with Crippen molar-refractivity contribution in [3.8, 4) is 0 Å². The molecule has 48 valence electrons. The second kappa shape index (κ2) is 2.90. The van der Waals surface area contributed by atoms with Crippen molar-refractivity contribution in [1.82, 2.24) is 0 Å². The summed E-state index contributed by atoms with van der Waals surface area (Å²) in [5.74, 6) is 0. The van der Waals surface area contributed by atoms with E-state index in [-0.39, 0.29) is 0 Å². The van der Waals surface area contributed by atoms with Crippen LogP contribution in [0.5, 0.6) is 0 Å². The molecule has 0 saturated heterocycles. The van der Waals surface area contributed by atoms with Gasteiger partial charge in [0.1, 0.15) is 0 Å². The van der Waals surface area contributed by atoms with Crippen LogP contribution < -0.4 is 0 Å². The first-order valence-corrected chi connectivity index (χ1v) is 13.3. The van der Waals surface area contributed by atoms with E-state index in [2.05, 4.69) is 34.4 Å². The van der Waals surface area contributed by atoms with E-state index in [1.165, 1.54) is 0 Å². The van der Waals surface area contributed by atoms with Gasteiger partial charge in [-0.3, -0.25) is 0 Å². The van der Waals surface area contributed by atoms with Gasteiger partial charge in [0.2, 0.25) is 0 Å². The van der Waals surface area contributed by atoms with E-state index in [1.807, 2.05) is 0 Å². The Hall–Kier alpha value is 0.539. The predicted molar refractivity (Wildman–Crippen MR) is 43.0 cm³/mol. The number of rotatable bonds is 2. The van der Waals surface area contributed by atoms with Gasteiger partial charge in [0.05, 0.1) is 0 Å². The summed E-state index contributed by atoms with van der Waals surface area (Å²) >= 11 is -1.53. The van der Waals surface area contributed by atoms with E-state index in [1.54, 1.807) is 0 Å². The summed E-state index contributed by atoms with van der Waals surface area (Å²) in [5, 5.41) is 0. The van der Waals surface area contributed by atoms with Crippen molar-refractivity contribution in [3.63, 3.8) is 0 Å². The zero-order chi connectivity index (χ0) is 6.78. The van der Waals surface area contributed by atoms with E-state index >= 15 is 0 Å². The molecule has 1 heteroatoms. The number of allylic oxidation sites excluding steroid dienone is 1. The predicted octanol–water partition coefficient (Wildman–Crippen LogP) is 2.90. The van der Waals surface area contributed by atoms with Crippen LogP contribution in [0.25, 0.3) is 0 Å². The van der Waals surface area contributed by atoms with Crippen LogP contribution in [0, 0.1) is 0 Å². The van der Waals surface area contributed by atoms with Crippen LogP contribution in [0.1, 0.15) is 6.92 Å². The Morgan fingerprint density at radius 3 is 1.75 bits per heavy atom. The molecule has 0 saturated carbocycles. The molecular formula is C7H16Sn. The van der Waals surface area contributed by atoms with Gasteiger partial charge in [-0.05, 0) is 0 Å². The molecule has 0 bridgehead atoms. The standard InChI is InChI=1S/C4H7.3CH3.Sn/c1-3-4-2;;;;/h3-4H,1H2,2H3;3*1H3;. The zero-order valence-corrected chi connectivity index (χ0v) is 9.22. The molecule has 0 aliphatic rings. The molecule has 0 aromatic heterocycles. The van der Waals surface area contributed by atoms with Crippen LogP contribution >= 0.6 is 0 Å². The van der Waals surface area contributed by atoms with E-state index in [9.17, 15) is 0 Å². The van der Waals surface area contributed by atoms with E-state index in [4.69, 9.17) is 0 Å². The fourth-order valence-corrected chi connectivity index (χ4v) is 2.37. The van der Waals surface area contributed by atoms with E-state index in [0.717, 1.165) is 3.93 Å². The van der Waals surface area contributed by atoms with Gasteiger partial charge >= 0.3 is 56.7 Å². The molecule has 0 spiro atoms. The molecule has 0 nitrogen and oxygen atoms in total.